The highest BCUT2D eigenvalue weighted by atomic mass is 16.7. The quantitative estimate of drug-likeness (QED) is 0.543. The SMILES string of the molecule is CC1CC[C@@]2(OC1)OC1CC3C4CCC5CC(O)CCC5(C)C4CCC3(C)C1C2C. The predicted molar refractivity (Wildman–Crippen MR) is 118 cm³/mol. The Labute approximate surface area is 183 Å². The molecule has 170 valence electrons. The second kappa shape index (κ2) is 6.70. The first-order chi connectivity index (χ1) is 14.3. The maximum atomic E-state index is 10.3. The van der Waals surface area contributed by atoms with Crippen molar-refractivity contribution in [3.63, 3.8) is 0 Å². The van der Waals surface area contributed by atoms with E-state index >= 15 is 0 Å². The van der Waals surface area contributed by atoms with E-state index in [2.05, 4.69) is 27.7 Å². The van der Waals surface area contributed by atoms with E-state index in [9.17, 15) is 5.11 Å². The summed E-state index contributed by atoms with van der Waals surface area (Å²) >= 11 is 0. The van der Waals surface area contributed by atoms with E-state index in [1.54, 1.807) is 0 Å². The molecule has 3 nitrogen and oxygen atoms in total. The molecule has 1 N–H and O–H groups in total. The minimum atomic E-state index is -0.282. The summed E-state index contributed by atoms with van der Waals surface area (Å²) in [4.78, 5) is 0. The van der Waals surface area contributed by atoms with Gasteiger partial charge in [-0.3, -0.25) is 0 Å². The smallest absolute Gasteiger partial charge is 0.171 e. The second-order valence-corrected chi connectivity index (χ2v) is 13.1. The summed E-state index contributed by atoms with van der Waals surface area (Å²) < 4.78 is 13.4. The lowest BCUT2D eigenvalue weighted by Crippen LogP contribution is -2.55. The summed E-state index contributed by atoms with van der Waals surface area (Å²) in [5.41, 5.74) is 0.899. The van der Waals surface area contributed by atoms with Crippen molar-refractivity contribution in [1.29, 1.82) is 0 Å². The van der Waals surface area contributed by atoms with Gasteiger partial charge in [-0.1, -0.05) is 27.7 Å². The molecule has 12 atom stereocenters. The highest BCUT2D eigenvalue weighted by Gasteiger charge is 2.69. The number of aliphatic hydroxyl groups is 1. The van der Waals surface area contributed by atoms with Crippen LogP contribution in [0.4, 0.5) is 0 Å². The first-order valence-corrected chi connectivity index (χ1v) is 13.3. The van der Waals surface area contributed by atoms with Gasteiger partial charge in [-0.15, -0.1) is 0 Å². The lowest BCUT2D eigenvalue weighted by atomic mass is 9.44. The van der Waals surface area contributed by atoms with Gasteiger partial charge < -0.3 is 14.6 Å². The Morgan fingerprint density at radius 1 is 0.833 bits per heavy atom. The average Bonchev–Trinajstić information content (AvgIpc) is 3.16. The predicted octanol–water partition coefficient (Wildman–Crippen LogP) is 5.79. The fraction of sp³-hybridized carbons (Fsp3) is 1.00. The van der Waals surface area contributed by atoms with E-state index in [4.69, 9.17) is 9.47 Å². The number of rotatable bonds is 0. The Hall–Kier alpha value is -0.120. The molecular weight excluding hydrogens is 372 g/mol. The molecule has 11 unspecified atom stereocenters. The zero-order valence-electron chi connectivity index (χ0n) is 19.7. The first-order valence-electron chi connectivity index (χ1n) is 13.3. The monoisotopic (exact) mass is 416 g/mol. The van der Waals surface area contributed by atoms with E-state index in [1.807, 2.05) is 0 Å². The molecule has 0 aromatic heterocycles. The van der Waals surface area contributed by atoms with Crippen LogP contribution in [0.2, 0.25) is 0 Å². The van der Waals surface area contributed by atoms with Crippen LogP contribution >= 0.6 is 0 Å². The average molecular weight is 417 g/mol. The molecule has 3 heteroatoms. The highest BCUT2D eigenvalue weighted by Crippen LogP contribution is 2.71. The normalized spacial score (nSPS) is 62.5. The summed E-state index contributed by atoms with van der Waals surface area (Å²) in [6, 6.07) is 0. The highest BCUT2D eigenvalue weighted by molar-refractivity contribution is 5.15. The molecule has 4 saturated carbocycles. The van der Waals surface area contributed by atoms with E-state index in [0.29, 0.717) is 34.7 Å². The molecular formula is C27H44O3. The van der Waals surface area contributed by atoms with Crippen molar-refractivity contribution in [2.75, 3.05) is 6.61 Å². The minimum Gasteiger partial charge on any atom is -0.393 e. The summed E-state index contributed by atoms with van der Waals surface area (Å²) in [5.74, 6) is 4.93. The third-order valence-electron chi connectivity index (χ3n) is 11.9. The molecule has 0 aromatic carbocycles. The van der Waals surface area contributed by atoms with Crippen LogP contribution in [0.15, 0.2) is 0 Å². The molecule has 6 rings (SSSR count). The topological polar surface area (TPSA) is 38.7 Å². The lowest BCUT2D eigenvalue weighted by Gasteiger charge is -2.61. The summed E-state index contributed by atoms with van der Waals surface area (Å²) in [5, 5.41) is 10.3. The fourth-order valence-electron chi connectivity index (χ4n) is 10.3. The summed E-state index contributed by atoms with van der Waals surface area (Å²) in [7, 11) is 0. The van der Waals surface area contributed by atoms with Crippen molar-refractivity contribution < 1.29 is 14.6 Å². The van der Waals surface area contributed by atoms with Gasteiger partial charge in [-0.25, -0.2) is 0 Å². The fourth-order valence-corrected chi connectivity index (χ4v) is 10.3. The number of fused-ring (bicyclic) bond motifs is 7. The Morgan fingerprint density at radius 2 is 1.63 bits per heavy atom. The Morgan fingerprint density at radius 3 is 2.40 bits per heavy atom. The van der Waals surface area contributed by atoms with E-state index in [-0.39, 0.29) is 11.9 Å². The van der Waals surface area contributed by atoms with Crippen LogP contribution in [0.3, 0.4) is 0 Å². The van der Waals surface area contributed by atoms with E-state index < -0.39 is 0 Å². The van der Waals surface area contributed by atoms with Gasteiger partial charge in [-0.05, 0) is 104 Å². The van der Waals surface area contributed by atoms with Crippen molar-refractivity contribution in [3.05, 3.63) is 0 Å². The lowest BCUT2D eigenvalue weighted by molar-refractivity contribution is -0.273. The Kier molecular flexibility index (Phi) is 4.58. The van der Waals surface area contributed by atoms with Gasteiger partial charge in [-0.2, -0.15) is 0 Å². The Balaban J connectivity index is 1.26. The molecule has 6 aliphatic rings. The van der Waals surface area contributed by atoms with E-state index in [0.717, 1.165) is 49.5 Å². The maximum absolute atomic E-state index is 10.3. The van der Waals surface area contributed by atoms with Crippen LogP contribution < -0.4 is 0 Å². The molecule has 2 saturated heterocycles. The molecule has 1 spiro atoms. The van der Waals surface area contributed by atoms with Crippen molar-refractivity contribution in [3.8, 4) is 0 Å². The van der Waals surface area contributed by atoms with Crippen LogP contribution in [-0.4, -0.2) is 29.7 Å². The van der Waals surface area contributed by atoms with Crippen LogP contribution in [0, 0.1) is 52.3 Å². The molecule has 2 aliphatic heterocycles. The van der Waals surface area contributed by atoms with Crippen molar-refractivity contribution >= 4 is 0 Å². The van der Waals surface area contributed by atoms with Crippen LogP contribution in [0.25, 0.3) is 0 Å². The van der Waals surface area contributed by atoms with Gasteiger partial charge in [0.25, 0.3) is 0 Å². The molecule has 6 fully saturated rings. The van der Waals surface area contributed by atoms with Gasteiger partial charge in [0.05, 0.1) is 18.8 Å². The van der Waals surface area contributed by atoms with Gasteiger partial charge in [0.1, 0.15) is 0 Å². The van der Waals surface area contributed by atoms with Crippen LogP contribution in [0.5, 0.6) is 0 Å². The van der Waals surface area contributed by atoms with Gasteiger partial charge in [0.15, 0.2) is 5.79 Å². The summed E-state index contributed by atoms with van der Waals surface area (Å²) in [6.07, 6.45) is 12.9. The van der Waals surface area contributed by atoms with Gasteiger partial charge in [0.2, 0.25) is 0 Å². The summed E-state index contributed by atoms with van der Waals surface area (Å²) in [6.45, 7) is 10.9. The second-order valence-electron chi connectivity index (χ2n) is 13.1. The molecule has 4 aliphatic carbocycles. The molecule has 0 aromatic rings. The first kappa shape index (κ1) is 20.5. The number of aliphatic hydroxyl groups excluding tert-OH is 1. The molecule has 0 bridgehead atoms. The van der Waals surface area contributed by atoms with Crippen LogP contribution in [0.1, 0.15) is 91.9 Å². The minimum absolute atomic E-state index is 0.0389. The van der Waals surface area contributed by atoms with Crippen LogP contribution in [-0.2, 0) is 9.47 Å². The van der Waals surface area contributed by atoms with Crippen molar-refractivity contribution in [2.24, 2.45) is 52.3 Å². The largest absolute Gasteiger partial charge is 0.393 e. The third-order valence-corrected chi connectivity index (χ3v) is 11.9. The number of hydrogen-bond acceptors (Lipinski definition) is 3. The zero-order chi connectivity index (χ0) is 20.9. The Bertz CT molecular complexity index is 684. The maximum Gasteiger partial charge on any atom is 0.171 e. The number of ether oxygens (including phenoxy) is 2. The molecule has 30 heavy (non-hydrogen) atoms. The molecule has 0 radical (unpaired) electrons. The number of hydrogen-bond donors (Lipinski definition) is 1. The van der Waals surface area contributed by atoms with Gasteiger partial charge in [0, 0.05) is 12.3 Å². The third kappa shape index (κ3) is 2.61. The zero-order valence-corrected chi connectivity index (χ0v) is 19.7. The molecule has 2 heterocycles. The molecule has 0 amide bonds. The van der Waals surface area contributed by atoms with Crippen molar-refractivity contribution in [1.82, 2.24) is 0 Å². The standard InChI is InChI=1S/C27H44O3/c1-16-7-12-27(29-15-16)17(2)24-23(30-27)14-22-20-6-5-18-13-19(28)8-10-25(18,3)21(20)9-11-26(22,24)4/h16-24,28H,5-15H2,1-4H3/t16?,17?,18?,19?,20?,21?,22?,23?,24?,25?,26?,27-/m1/s1. The van der Waals surface area contributed by atoms with Gasteiger partial charge >= 0.3 is 0 Å². The van der Waals surface area contributed by atoms with Crippen molar-refractivity contribution in [2.45, 2.75) is 110 Å². The van der Waals surface area contributed by atoms with E-state index in [1.165, 1.54) is 44.9 Å².